The van der Waals surface area contributed by atoms with Gasteiger partial charge in [-0.2, -0.15) is 0 Å². The van der Waals surface area contributed by atoms with Crippen molar-refractivity contribution < 1.29 is 9.90 Å². The monoisotopic (exact) mass is 189 g/mol. The standard InChI is InChI=1S/C9H7N3O2/c13-7-2-1-6(3-8(7)14)9-11-4-10-5-12-9/h1-5,8,14H. The highest BCUT2D eigenvalue weighted by Gasteiger charge is 2.16. The number of aliphatic hydroxyl groups excluding tert-OH is 1. The van der Waals surface area contributed by atoms with Crippen LogP contribution in [0.4, 0.5) is 0 Å². The molecule has 0 aromatic carbocycles. The summed E-state index contributed by atoms with van der Waals surface area (Å²) in [5.74, 6) is 0.116. The van der Waals surface area contributed by atoms with Gasteiger partial charge in [0.2, 0.25) is 0 Å². The Morgan fingerprint density at radius 1 is 1.21 bits per heavy atom. The minimum atomic E-state index is -1.09. The average molecular weight is 189 g/mol. The fraction of sp³-hybridized carbons (Fsp3) is 0.111. The molecule has 1 atom stereocenters. The Bertz CT molecular complexity index is 411. The van der Waals surface area contributed by atoms with E-state index in [4.69, 9.17) is 0 Å². The quantitative estimate of drug-likeness (QED) is 0.659. The van der Waals surface area contributed by atoms with Crippen LogP contribution >= 0.6 is 0 Å². The molecular weight excluding hydrogens is 182 g/mol. The number of hydrogen-bond donors (Lipinski definition) is 1. The number of ketones is 1. The molecule has 0 spiro atoms. The van der Waals surface area contributed by atoms with E-state index in [-0.39, 0.29) is 5.78 Å². The molecule has 0 aliphatic heterocycles. The Hall–Kier alpha value is -1.88. The van der Waals surface area contributed by atoms with Crippen LogP contribution in [0.25, 0.3) is 5.57 Å². The van der Waals surface area contributed by atoms with E-state index >= 15 is 0 Å². The first-order chi connectivity index (χ1) is 6.77. The van der Waals surface area contributed by atoms with E-state index in [2.05, 4.69) is 15.0 Å². The van der Waals surface area contributed by atoms with Gasteiger partial charge in [-0.25, -0.2) is 15.0 Å². The summed E-state index contributed by atoms with van der Waals surface area (Å²) in [6.45, 7) is 0. The van der Waals surface area contributed by atoms with Crippen LogP contribution < -0.4 is 0 Å². The zero-order chi connectivity index (χ0) is 9.97. The first-order valence-electron chi connectivity index (χ1n) is 4.01. The Balaban J connectivity index is 2.34. The molecule has 0 saturated carbocycles. The number of allylic oxidation sites excluding steroid dienone is 2. The molecule has 5 nitrogen and oxygen atoms in total. The first-order valence-corrected chi connectivity index (χ1v) is 4.01. The van der Waals surface area contributed by atoms with Crippen molar-refractivity contribution in [3.63, 3.8) is 0 Å². The maximum atomic E-state index is 10.9. The summed E-state index contributed by atoms with van der Waals surface area (Å²) in [7, 11) is 0. The first kappa shape index (κ1) is 8.71. The Morgan fingerprint density at radius 3 is 2.57 bits per heavy atom. The molecule has 1 aliphatic carbocycles. The van der Waals surface area contributed by atoms with Gasteiger partial charge in [-0.1, -0.05) is 0 Å². The highest BCUT2D eigenvalue weighted by molar-refractivity contribution is 6.00. The fourth-order valence-corrected chi connectivity index (χ4v) is 1.12. The lowest BCUT2D eigenvalue weighted by Crippen LogP contribution is -2.18. The van der Waals surface area contributed by atoms with Crippen LogP contribution in [0.2, 0.25) is 0 Å². The number of aromatic nitrogens is 3. The van der Waals surface area contributed by atoms with Gasteiger partial charge in [-0.05, 0) is 18.2 Å². The summed E-state index contributed by atoms with van der Waals surface area (Å²) in [5, 5.41) is 9.26. The number of carbonyl (C=O) groups is 1. The van der Waals surface area contributed by atoms with Gasteiger partial charge in [0, 0.05) is 5.57 Å². The van der Waals surface area contributed by atoms with E-state index in [1.165, 1.54) is 24.8 Å². The third-order valence-corrected chi connectivity index (χ3v) is 1.81. The molecule has 1 aromatic heterocycles. The molecule has 1 aromatic rings. The zero-order valence-corrected chi connectivity index (χ0v) is 7.16. The largest absolute Gasteiger partial charge is 0.381 e. The van der Waals surface area contributed by atoms with Gasteiger partial charge >= 0.3 is 0 Å². The summed E-state index contributed by atoms with van der Waals surface area (Å²) in [4.78, 5) is 22.4. The SMILES string of the molecule is O=C1C=CC(c2ncncn2)=CC1O. The van der Waals surface area contributed by atoms with Crippen molar-refractivity contribution in [1.29, 1.82) is 0 Å². The van der Waals surface area contributed by atoms with Crippen LogP contribution in [0.1, 0.15) is 5.82 Å². The van der Waals surface area contributed by atoms with E-state index < -0.39 is 6.10 Å². The second-order valence-electron chi connectivity index (χ2n) is 2.76. The predicted octanol–water partition coefficient (Wildman–Crippen LogP) is -0.245. The Labute approximate surface area is 79.9 Å². The van der Waals surface area contributed by atoms with Gasteiger partial charge in [0.1, 0.15) is 18.8 Å². The van der Waals surface area contributed by atoms with E-state index in [1.54, 1.807) is 6.08 Å². The Kier molecular flexibility index (Phi) is 2.16. The molecule has 1 unspecified atom stereocenters. The summed E-state index contributed by atoms with van der Waals surface area (Å²) < 4.78 is 0. The van der Waals surface area contributed by atoms with Gasteiger partial charge in [-0.3, -0.25) is 4.79 Å². The lowest BCUT2D eigenvalue weighted by Gasteiger charge is -2.08. The van der Waals surface area contributed by atoms with Crippen molar-refractivity contribution in [3.8, 4) is 0 Å². The average Bonchev–Trinajstić information content (AvgIpc) is 2.23. The highest BCUT2D eigenvalue weighted by Crippen LogP contribution is 2.15. The number of nitrogens with zero attached hydrogens (tertiary/aromatic N) is 3. The summed E-state index contributed by atoms with van der Waals surface area (Å²) in [6.07, 6.45) is 5.93. The molecule has 70 valence electrons. The topological polar surface area (TPSA) is 76.0 Å². The van der Waals surface area contributed by atoms with E-state index in [0.29, 0.717) is 11.4 Å². The molecule has 1 N–H and O–H groups in total. The molecule has 5 heteroatoms. The summed E-state index contributed by atoms with van der Waals surface area (Å²) >= 11 is 0. The van der Waals surface area contributed by atoms with E-state index in [0.717, 1.165) is 0 Å². The maximum Gasteiger partial charge on any atom is 0.188 e. The molecule has 0 amide bonds. The van der Waals surface area contributed by atoms with Crippen LogP contribution in [0.3, 0.4) is 0 Å². The number of hydrogen-bond acceptors (Lipinski definition) is 5. The molecule has 0 saturated heterocycles. The van der Waals surface area contributed by atoms with Gasteiger partial charge in [-0.15, -0.1) is 0 Å². The molecule has 1 aliphatic rings. The van der Waals surface area contributed by atoms with Crippen molar-refractivity contribution in [2.75, 3.05) is 0 Å². The fourth-order valence-electron chi connectivity index (χ4n) is 1.12. The minimum Gasteiger partial charge on any atom is -0.381 e. The van der Waals surface area contributed by atoms with Crippen LogP contribution in [0, 0.1) is 0 Å². The van der Waals surface area contributed by atoms with Gasteiger partial charge in [0.25, 0.3) is 0 Å². The van der Waals surface area contributed by atoms with Crippen molar-refractivity contribution in [2.24, 2.45) is 0 Å². The van der Waals surface area contributed by atoms with Gasteiger partial charge < -0.3 is 5.11 Å². The van der Waals surface area contributed by atoms with Crippen molar-refractivity contribution >= 4 is 11.4 Å². The van der Waals surface area contributed by atoms with Crippen LogP contribution in [0.5, 0.6) is 0 Å². The number of aliphatic hydroxyl groups is 1. The maximum absolute atomic E-state index is 10.9. The smallest absolute Gasteiger partial charge is 0.188 e. The molecule has 1 heterocycles. The van der Waals surface area contributed by atoms with Crippen LogP contribution in [-0.4, -0.2) is 31.9 Å². The molecule has 0 bridgehead atoms. The Morgan fingerprint density at radius 2 is 1.93 bits per heavy atom. The van der Waals surface area contributed by atoms with E-state index in [9.17, 15) is 9.90 Å². The summed E-state index contributed by atoms with van der Waals surface area (Å²) in [5.41, 5.74) is 0.625. The molecule has 0 radical (unpaired) electrons. The van der Waals surface area contributed by atoms with Gasteiger partial charge in [0.05, 0.1) is 0 Å². The van der Waals surface area contributed by atoms with Crippen molar-refractivity contribution in [2.45, 2.75) is 6.10 Å². The second kappa shape index (κ2) is 3.47. The minimum absolute atomic E-state index is 0.331. The van der Waals surface area contributed by atoms with E-state index in [1.807, 2.05) is 0 Å². The van der Waals surface area contributed by atoms with Crippen molar-refractivity contribution in [3.05, 3.63) is 36.7 Å². The molecule has 14 heavy (non-hydrogen) atoms. The third-order valence-electron chi connectivity index (χ3n) is 1.81. The number of carbonyl (C=O) groups excluding carboxylic acids is 1. The third kappa shape index (κ3) is 1.57. The molecule has 2 rings (SSSR count). The predicted molar refractivity (Wildman–Crippen MR) is 48.0 cm³/mol. The van der Waals surface area contributed by atoms with Gasteiger partial charge in [0.15, 0.2) is 11.6 Å². The van der Waals surface area contributed by atoms with Crippen LogP contribution in [-0.2, 0) is 4.79 Å². The second-order valence-corrected chi connectivity index (χ2v) is 2.76. The zero-order valence-electron chi connectivity index (χ0n) is 7.16. The van der Waals surface area contributed by atoms with Crippen molar-refractivity contribution in [1.82, 2.24) is 15.0 Å². The highest BCUT2D eigenvalue weighted by atomic mass is 16.3. The lowest BCUT2D eigenvalue weighted by molar-refractivity contribution is -0.120. The molecular formula is C9H7N3O2. The summed E-state index contributed by atoms with van der Waals surface area (Å²) in [6, 6.07) is 0. The number of rotatable bonds is 1. The molecule has 0 fully saturated rings. The lowest BCUT2D eigenvalue weighted by atomic mass is 10.0. The van der Waals surface area contributed by atoms with Crippen LogP contribution in [0.15, 0.2) is 30.9 Å². The normalized spacial score (nSPS) is 20.8.